The van der Waals surface area contributed by atoms with E-state index >= 15 is 0 Å². The minimum absolute atomic E-state index is 0.115. The number of amides is 1. The Hall–Kier alpha value is -2.67. The lowest BCUT2D eigenvalue weighted by atomic mass is 10.1. The van der Waals surface area contributed by atoms with E-state index in [1.807, 2.05) is 54.6 Å². The molecule has 4 rings (SSSR count). The van der Waals surface area contributed by atoms with Crippen LogP contribution in [0.25, 0.3) is 16.9 Å². The molecule has 1 fully saturated rings. The molecule has 1 aromatic heterocycles. The van der Waals surface area contributed by atoms with E-state index in [2.05, 4.69) is 22.2 Å². The second-order valence-corrected chi connectivity index (χ2v) is 8.02. The number of hydrogen-bond donors (Lipinski definition) is 1. The van der Waals surface area contributed by atoms with Gasteiger partial charge in [0.25, 0.3) is 5.91 Å². The summed E-state index contributed by atoms with van der Waals surface area (Å²) >= 11 is 6.04. The van der Waals surface area contributed by atoms with Gasteiger partial charge in [0.2, 0.25) is 0 Å². The minimum Gasteiger partial charge on any atom is -0.351 e. The number of benzene rings is 2. The highest BCUT2D eigenvalue weighted by Crippen LogP contribution is 2.25. The summed E-state index contributed by atoms with van der Waals surface area (Å²) in [4.78, 5) is 17.7. The first-order valence-electron chi connectivity index (χ1n) is 10.2. The van der Waals surface area contributed by atoms with Gasteiger partial charge in [-0.2, -0.15) is 5.10 Å². The lowest BCUT2D eigenvalue weighted by molar-refractivity contribution is 0.0941. The van der Waals surface area contributed by atoms with Crippen molar-refractivity contribution >= 4 is 17.5 Å². The van der Waals surface area contributed by atoms with Gasteiger partial charge in [-0.25, -0.2) is 4.68 Å². The number of para-hydroxylation sites is 1. The number of rotatable bonds is 6. The maximum atomic E-state index is 13.0. The Labute approximate surface area is 182 Å². The molecule has 0 unspecified atom stereocenters. The molecular weight excluding hydrogens is 398 g/mol. The van der Waals surface area contributed by atoms with Gasteiger partial charge in [0, 0.05) is 56.1 Å². The predicted octanol–water partition coefficient (Wildman–Crippen LogP) is 3.17. The molecule has 0 aliphatic carbocycles. The van der Waals surface area contributed by atoms with Gasteiger partial charge in [0.05, 0.1) is 11.3 Å². The summed E-state index contributed by atoms with van der Waals surface area (Å²) < 4.78 is 1.75. The Morgan fingerprint density at radius 1 is 1.03 bits per heavy atom. The van der Waals surface area contributed by atoms with E-state index < -0.39 is 0 Å². The van der Waals surface area contributed by atoms with E-state index in [1.54, 1.807) is 10.9 Å². The van der Waals surface area contributed by atoms with Crippen LogP contribution in [0, 0.1) is 0 Å². The van der Waals surface area contributed by atoms with Gasteiger partial charge in [-0.3, -0.25) is 9.69 Å². The third kappa shape index (κ3) is 4.90. The zero-order valence-corrected chi connectivity index (χ0v) is 17.8. The number of halogens is 1. The van der Waals surface area contributed by atoms with Crippen LogP contribution in [0.2, 0.25) is 5.02 Å². The van der Waals surface area contributed by atoms with Crippen molar-refractivity contribution < 1.29 is 4.79 Å². The Morgan fingerprint density at radius 2 is 1.73 bits per heavy atom. The molecule has 30 heavy (non-hydrogen) atoms. The van der Waals surface area contributed by atoms with Crippen LogP contribution in [0.4, 0.5) is 0 Å². The zero-order chi connectivity index (χ0) is 20.9. The highest BCUT2D eigenvalue weighted by Gasteiger charge is 2.19. The van der Waals surface area contributed by atoms with Crippen LogP contribution >= 0.6 is 11.6 Å². The van der Waals surface area contributed by atoms with E-state index in [9.17, 15) is 4.79 Å². The topological polar surface area (TPSA) is 53.4 Å². The summed E-state index contributed by atoms with van der Waals surface area (Å²) in [6, 6.07) is 17.2. The standard InChI is InChI=1S/C23H26ClN5O/c1-27-13-15-28(16-14-27)12-11-25-23(30)21-17-29(20-5-3-2-4-6-20)26-22(21)18-7-9-19(24)10-8-18/h2-10,17H,11-16H2,1H3,(H,25,30). The molecule has 156 valence electrons. The van der Waals surface area contributed by atoms with Gasteiger partial charge in [-0.05, 0) is 31.3 Å². The highest BCUT2D eigenvalue weighted by molar-refractivity contribution is 6.30. The average Bonchev–Trinajstić information content (AvgIpc) is 3.22. The number of piperazine rings is 1. The van der Waals surface area contributed by atoms with Crippen molar-refractivity contribution in [3.05, 3.63) is 71.4 Å². The minimum atomic E-state index is -0.115. The zero-order valence-electron chi connectivity index (χ0n) is 17.1. The first-order valence-corrected chi connectivity index (χ1v) is 10.6. The van der Waals surface area contributed by atoms with E-state index in [-0.39, 0.29) is 5.91 Å². The molecule has 1 amide bonds. The first kappa shape index (κ1) is 20.6. The van der Waals surface area contributed by atoms with Crippen molar-refractivity contribution in [2.75, 3.05) is 46.3 Å². The fourth-order valence-electron chi connectivity index (χ4n) is 3.57. The normalized spacial score (nSPS) is 15.3. The summed E-state index contributed by atoms with van der Waals surface area (Å²) in [5.74, 6) is -0.115. The summed E-state index contributed by atoms with van der Waals surface area (Å²) in [5.41, 5.74) is 2.97. The molecule has 0 atom stereocenters. The number of nitrogens with zero attached hydrogens (tertiary/aromatic N) is 4. The van der Waals surface area contributed by atoms with E-state index in [0.29, 0.717) is 22.8 Å². The van der Waals surface area contributed by atoms with Crippen molar-refractivity contribution in [3.8, 4) is 16.9 Å². The maximum absolute atomic E-state index is 13.0. The molecule has 1 saturated heterocycles. The summed E-state index contributed by atoms with van der Waals surface area (Å²) in [7, 11) is 2.14. The van der Waals surface area contributed by atoms with Gasteiger partial charge in [0.15, 0.2) is 0 Å². The lowest BCUT2D eigenvalue weighted by Gasteiger charge is -2.32. The Morgan fingerprint density at radius 3 is 2.43 bits per heavy atom. The largest absolute Gasteiger partial charge is 0.351 e. The van der Waals surface area contributed by atoms with Crippen LogP contribution in [0.5, 0.6) is 0 Å². The van der Waals surface area contributed by atoms with Crippen molar-refractivity contribution in [2.45, 2.75) is 0 Å². The monoisotopic (exact) mass is 423 g/mol. The molecule has 2 heterocycles. The van der Waals surface area contributed by atoms with Crippen molar-refractivity contribution in [1.82, 2.24) is 24.9 Å². The Balaban J connectivity index is 1.52. The van der Waals surface area contributed by atoms with Crippen LogP contribution in [-0.2, 0) is 0 Å². The summed E-state index contributed by atoms with van der Waals surface area (Å²) in [6.45, 7) is 5.67. The average molecular weight is 424 g/mol. The van der Waals surface area contributed by atoms with Crippen LogP contribution in [0.1, 0.15) is 10.4 Å². The third-order valence-corrected chi connectivity index (χ3v) is 5.66. The fourth-order valence-corrected chi connectivity index (χ4v) is 3.69. The molecule has 2 aromatic carbocycles. The predicted molar refractivity (Wildman–Crippen MR) is 120 cm³/mol. The molecule has 0 radical (unpaired) electrons. The van der Waals surface area contributed by atoms with Crippen LogP contribution in [0.15, 0.2) is 60.8 Å². The molecule has 3 aromatic rings. The fraction of sp³-hybridized carbons (Fsp3) is 0.304. The quantitative estimate of drug-likeness (QED) is 0.661. The summed E-state index contributed by atoms with van der Waals surface area (Å²) in [6.07, 6.45) is 1.80. The van der Waals surface area contributed by atoms with Gasteiger partial charge in [0.1, 0.15) is 5.69 Å². The van der Waals surface area contributed by atoms with Crippen molar-refractivity contribution in [3.63, 3.8) is 0 Å². The van der Waals surface area contributed by atoms with Crippen LogP contribution in [0.3, 0.4) is 0 Å². The Bertz CT molecular complexity index is 979. The van der Waals surface area contributed by atoms with Gasteiger partial charge >= 0.3 is 0 Å². The Kier molecular flexibility index (Phi) is 6.47. The molecule has 1 aliphatic rings. The molecule has 1 aliphatic heterocycles. The number of likely N-dealkylation sites (N-methyl/N-ethyl adjacent to an activating group) is 1. The van der Waals surface area contributed by atoms with Gasteiger partial charge in [-0.15, -0.1) is 0 Å². The van der Waals surface area contributed by atoms with E-state index in [1.165, 1.54) is 0 Å². The second kappa shape index (κ2) is 9.43. The molecule has 1 N–H and O–H groups in total. The van der Waals surface area contributed by atoms with Gasteiger partial charge in [-0.1, -0.05) is 41.9 Å². The van der Waals surface area contributed by atoms with Crippen LogP contribution in [-0.4, -0.2) is 71.8 Å². The number of carbonyl (C=O) groups excluding carboxylic acids is 1. The second-order valence-electron chi connectivity index (χ2n) is 7.58. The smallest absolute Gasteiger partial charge is 0.255 e. The van der Waals surface area contributed by atoms with Crippen molar-refractivity contribution in [2.24, 2.45) is 0 Å². The first-order chi connectivity index (χ1) is 14.6. The SMILES string of the molecule is CN1CCN(CCNC(=O)c2cn(-c3ccccc3)nc2-c2ccc(Cl)cc2)CC1. The van der Waals surface area contributed by atoms with Gasteiger partial charge < -0.3 is 10.2 Å². The molecular formula is C23H26ClN5O. The molecule has 6 nitrogen and oxygen atoms in total. The molecule has 0 saturated carbocycles. The van der Waals surface area contributed by atoms with Crippen molar-refractivity contribution in [1.29, 1.82) is 0 Å². The van der Waals surface area contributed by atoms with Crippen LogP contribution < -0.4 is 5.32 Å². The lowest BCUT2D eigenvalue weighted by Crippen LogP contribution is -2.46. The number of carbonyl (C=O) groups is 1. The summed E-state index contributed by atoms with van der Waals surface area (Å²) in [5, 5.41) is 8.43. The number of aromatic nitrogens is 2. The highest BCUT2D eigenvalue weighted by atomic mass is 35.5. The number of hydrogen-bond acceptors (Lipinski definition) is 4. The third-order valence-electron chi connectivity index (χ3n) is 5.41. The molecule has 7 heteroatoms. The van der Waals surface area contributed by atoms with E-state index in [4.69, 9.17) is 16.7 Å². The maximum Gasteiger partial charge on any atom is 0.255 e. The van der Waals surface area contributed by atoms with E-state index in [0.717, 1.165) is 44.0 Å². The molecule has 0 spiro atoms. The molecule has 0 bridgehead atoms. The number of nitrogens with one attached hydrogen (secondary N) is 1.